The molecule has 3 aromatic rings. The Morgan fingerprint density at radius 3 is 2.41 bits per heavy atom. The van der Waals surface area contributed by atoms with Crippen molar-refractivity contribution in [3.05, 3.63) is 74.3 Å². The van der Waals surface area contributed by atoms with Crippen molar-refractivity contribution in [1.29, 1.82) is 0 Å². The minimum absolute atomic E-state index is 0.255. The van der Waals surface area contributed by atoms with Crippen LogP contribution in [0.25, 0.3) is 0 Å². The van der Waals surface area contributed by atoms with Gasteiger partial charge in [0.15, 0.2) is 18.1 Å². The first kappa shape index (κ1) is 31.7. The van der Waals surface area contributed by atoms with Crippen LogP contribution in [-0.2, 0) is 14.4 Å². The third-order valence-corrected chi connectivity index (χ3v) is 6.36. The number of ether oxygens (including phenoxy) is 3. The SMILES string of the molecule is CCCOc1ccc(NC(=O)C(=O)N/N=C\c2cc(I)c(OCC(=O)Nc3cc(Cl)ccc3C)c(OCC)c2)cc1. The first-order valence-corrected chi connectivity index (χ1v) is 14.2. The molecule has 0 unspecified atom stereocenters. The van der Waals surface area contributed by atoms with Crippen LogP contribution in [0.2, 0.25) is 5.02 Å². The smallest absolute Gasteiger partial charge is 0.329 e. The van der Waals surface area contributed by atoms with Crippen molar-refractivity contribution in [3.63, 3.8) is 0 Å². The fourth-order valence-corrected chi connectivity index (χ4v) is 4.33. The number of carbonyl (C=O) groups is 3. The molecule has 0 bridgehead atoms. The molecule has 3 aromatic carbocycles. The zero-order valence-electron chi connectivity index (χ0n) is 22.8. The van der Waals surface area contributed by atoms with Crippen molar-refractivity contribution in [2.75, 3.05) is 30.5 Å². The Morgan fingerprint density at radius 1 is 0.951 bits per heavy atom. The number of hydrogen-bond donors (Lipinski definition) is 3. The zero-order chi connectivity index (χ0) is 29.8. The minimum atomic E-state index is -0.937. The van der Waals surface area contributed by atoms with E-state index < -0.39 is 11.8 Å². The van der Waals surface area contributed by atoms with Crippen molar-refractivity contribution in [3.8, 4) is 17.2 Å². The molecule has 0 saturated carbocycles. The molecule has 0 spiro atoms. The molecule has 0 heterocycles. The second-order valence-electron chi connectivity index (χ2n) is 8.59. The second-order valence-corrected chi connectivity index (χ2v) is 10.2. The van der Waals surface area contributed by atoms with Crippen LogP contribution in [0, 0.1) is 10.5 Å². The summed E-state index contributed by atoms with van der Waals surface area (Å²) in [5, 5.41) is 9.68. The largest absolute Gasteiger partial charge is 0.494 e. The van der Waals surface area contributed by atoms with Gasteiger partial charge in [-0.2, -0.15) is 5.10 Å². The molecule has 0 aliphatic rings. The highest BCUT2D eigenvalue weighted by Crippen LogP contribution is 2.34. The number of nitrogens with zero attached hydrogens (tertiary/aromatic N) is 1. The molecule has 0 radical (unpaired) electrons. The van der Waals surface area contributed by atoms with Crippen LogP contribution >= 0.6 is 34.2 Å². The molecule has 3 amide bonds. The number of nitrogens with one attached hydrogen (secondary N) is 3. The van der Waals surface area contributed by atoms with Crippen LogP contribution in [0.1, 0.15) is 31.4 Å². The summed E-state index contributed by atoms with van der Waals surface area (Å²) in [5.74, 6) is -0.717. The Bertz CT molecular complexity index is 1420. The molecule has 0 atom stereocenters. The Labute approximate surface area is 256 Å². The first-order chi connectivity index (χ1) is 19.7. The van der Waals surface area contributed by atoms with Crippen LogP contribution < -0.4 is 30.3 Å². The molecule has 10 nitrogen and oxygen atoms in total. The van der Waals surface area contributed by atoms with Crippen LogP contribution in [0.3, 0.4) is 0 Å². The van der Waals surface area contributed by atoms with Gasteiger partial charge in [-0.3, -0.25) is 14.4 Å². The summed E-state index contributed by atoms with van der Waals surface area (Å²) in [5.41, 5.74) is 4.69. The van der Waals surface area contributed by atoms with Gasteiger partial charge in [-0.25, -0.2) is 5.43 Å². The molecule has 0 aromatic heterocycles. The summed E-state index contributed by atoms with van der Waals surface area (Å²) < 4.78 is 17.6. The van der Waals surface area contributed by atoms with Gasteiger partial charge in [0.25, 0.3) is 5.91 Å². The van der Waals surface area contributed by atoms with Crippen molar-refractivity contribution in [1.82, 2.24) is 5.43 Å². The fraction of sp³-hybridized carbons (Fsp3) is 0.241. The van der Waals surface area contributed by atoms with Crippen molar-refractivity contribution < 1.29 is 28.6 Å². The average Bonchev–Trinajstić information content (AvgIpc) is 2.94. The predicted molar refractivity (Wildman–Crippen MR) is 167 cm³/mol. The van der Waals surface area contributed by atoms with E-state index in [1.165, 1.54) is 6.21 Å². The van der Waals surface area contributed by atoms with E-state index in [0.717, 1.165) is 12.0 Å². The lowest BCUT2D eigenvalue weighted by Gasteiger charge is -2.15. The monoisotopic (exact) mass is 692 g/mol. The number of amides is 3. The van der Waals surface area contributed by atoms with Crippen molar-refractivity contribution in [2.24, 2.45) is 5.10 Å². The third-order valence-electron chi connectivity index (χ3n) is 5.32. The van der Waals surface area contributed by atoms with Gasteiger partial charge in [-0.15, -0.1) is 0 Å². The summed E-state index contributed by atoms with van der Waals surface area (Å²) in [6.07, 6.45) is 2.25. The van der Waals surface area contributed by atoms with Gasteiger partial charge in [-0.05, 0) is 103 Å². The number of anilines is 2. The van der Waals surface area contributed by atoms with Crippen LogP contribution in [0.4, 0.5) is 11.4 Å². The standard InChI is InChI=1S/C29H30ClIN4O6/c1-4-12-40-22-10-8-21(9-11-22)33-28(37)29(38)35-32-16-19-13-23(31)27(25(14-19)39-5-2)41-17-26(36)34-24-15-20(30)7-6-18(24)3/h6-11,13-16H,4-5,12,17H2,1-3H3,(H,33,37)(H,34,36)(H,35,38)/b32-16-. The zero-order valence-corrected chi connectivity index (χ0v) is 25.7. The molecular weight excluding hydrogens is 663 g/mol. The lowest BCUT2D eigenvalue weighted by Crippen LogP contribution is -2.32. The van der Waals surface area contributed by atoms with Crippen molar-refractivity contribution >= 4 is 69.5 Å². The van der Waals surface area contributed by atoms with Crippen LogP contribution in [0.5, 0.6) is 17.2 Å². The third kappa shape index (κ3) is 9.94. The number of hydrogen-bond acceptors (Lipinski definition) is 7. The van der Waals surface area contributed by atoms with Crippen LogP contribution in [0.15, 0.2) is 59.7 Å². The van der Waals surface area contributed by atoms with Gasteiger partial charge in [0.2, 0.25) is 0 Å². The Morgan fingerprint density at radius 2 is 1.71 bits per heavy atom. The molecule has 0 aliphatic heterocycles. The fourth-order valence-electron chi connectivity index (χ4n) is 3.38. The minimum Gasteiger partial charge on any atom is -0.494 e. The number of aryl methyl sites for hydroxylation is 1. The van der Waals surface area contributed by atoms with E-state index in [-0.39, 0.29) is 12.5 Å². The highest BCUT2D eigenvalue weighted by atomic mass is 127. The molecule has 0 fully saturated rings. The van der Waals surface area contributed by atoms with Gasteiger partial charge in [0.05, 0.1) is 23.0 Å². The maximum absolute atomic E-state index is 12.5. The maximum atomic E-state index is 12.5. The van der Waals surface area contributed by atoms with Gasteiger partial charge >= 0.3 is 11.8 Å². The molecule has 0 aliphatic carbocycles. The predicted octanol–water partition coefficient (Wildman–Crippen LogP) is 5.55. The number of carbonyl (C=O) groups excluding carboxylic acids is 3. The van der Waals surface area contributed by atoms with Gasteiger partial charge in [-0.1, -0.05) is 24.6 Å². The summed E-state index contributed by atoms with van der Waals surface area (Å²) in [7, 11) is 0. The molecule has 12 heteroatoms. The van der Waals surface area contributed by atoms with E-state index in [4.69, 9.17) is 25.8 Å². The highest BCUT2D eigenvalue weighted by molar-refractivity contribution is 14.1. The normalized spacial score (nSPS) is 10.7. The first-order valence-electron chi connectivity index (χ1n) is 12.7. The van der Waals surface area contributed by atoms with E-state index >= 15 is 0 Å². The van der Waals surface area contributed by atoms with Crippen LogP contribution in [-0.4, -0.2) is 43.8 Å². The van der Waals surface area contributed by atoms with E-state index in [9.17, 15) is 14.4 Å². The lowest BCUT2D eigenvalue weighted by atomic mass is 10.2. The molecule has 216 valence electrons. The lowest BCUT2D eigenvalue weighted by molar-refractivity contribution is -0.136. The Hall–Kier alpha value is -3.84. The Kier molecular flexibility index (Phi) is 12.2. The summed E-state index contributed by atoms with van der Waals surface area (Å²) >= 11 is 8.08. The van der Waals surface area contributed by atoms with Gasteiger partial charge in [0.1, 0.15) is 5.75 Å². The summed E-state index contributed by atoms with van der Waals surface area (Å²) in [6.45, 7) is 6.37. The summed E-state index contributed by atoms with van der Waals surface area (Å²) in [4.78, 5) is 36.9. The van der Waals surface area contributed by atoms with Gasteiger partial charge in [0, 0.05) is 16.4 Å². The molecule has 3 rings (SSSR count). The topological polar surface area (TPSA) is 127 Å². The maximum Gasteiger partial charge on any atom is 0.329 e. The average molecular weight is 693 g/mol. The second kappa shape index (κ2) is 15.8. The van der Waals surface area contributed by atoms with E-state index in [1.807, 2.05) is 26.8 Å². The van der Waals surface area contributed by atoms with Gasteiger partial charge < -0.3 is 24.8 Å². The van der Waals surface area contributed by atoms with E-state index in [1.54, 1.807) is 48.5 Å². The van der Waals surface area contributed by atoms with Crippen molar-refractivity contribution in [2.45, 2.75) is 27.2 Å². The molecule has 3 N–H and O–H groups in total. The number of hydrazone groups is 1. The van der Waals surface area contributed by atoms with E-state index in [0.29, 0.717) is 56.0 Å². The molecule has 41 heavy (non-hydrogen) atoms. The number of benzene rings is 3. The Balaban J connectivity index is 1.58. The molecular formula is C29H30ClIN4O6. The number of halogens is 2. The highest BCUT2D eigenvalue weighted by Gasteiger charge is 2.16. The summed E-state index contributed by atoms with van der Waals surface area (Å²) in [6, 6.07) is 15.3. The van der Waals surface area contributed by atoms with E-state index in [2.05, 4.69) is 43.8 Å². The number of rotatable bonds is 12. The molecule has 0 saturated heterocycles. The quantitative estimate of drug-likeness (QED) is 0.0990.